The van der Waals surface area contributed by atoms with Gasteiger partial charge in [-0.25, -0.2) is 0 Å². The van der Waals surface area contributed by atoms with E-state index >= 15 is 0 Å². The van der Waals surface area contributed by atoms with Crippen LogP contribution in [0.2, 0.25) is 0 Å². The Morgan fingerprint density at radius 3 is 2.93 bits per heavy atom. The summed E-state index contributed by atoms with van der Waals surface area (Å²) in [4.78, 5) is 0. The van der Waals surface area contributed by atoms with Gasteiger partial charge in [-0.05, 0) is 29.8 Å². The fourth-order valence-corrected chi connectivity index (χ4v) is 3.02. The van der Waals surface area contributed by atoms with Gasteiger partial charge in [0.05, 0.1) is 7.11 Å². The van der Waals surface area contributed by atoms with E-state index in [1.54, 1.807) is 18.4 Å². The zero-order chi connectivity index (χ0) is 10.1. The first-order chi connectivity index (χ1) is 6.77. The van der Waals surface area contributed by atoms with Gasteiger partial charge in [0, 0.05) is 21.2 Å². The molecule has 1 nitrogen and oxygen atoms in total. The Morgan fingerprint density at radius 1 is 1.50 bits per heavy atom. The molecule has 0 fully saturated rings. The Morgan fingerprint density at radius 2 is 2.29 bits per heavy atom. The highest BCUT2D eigenvalue weighted by Gasteiger charge is 2.10. The number of aryl methyl sites for hydroxylation is 1. The SMILES string of the molecule is COc1c(CBr)cc2ccsc2c1C. The Hall–Kier alpha value is -0.540. The van der Waals surface area contributed by atoms with Crippen LogP contribution in [0.3, 0.4) is 0 Å². The lowest BCUT2D eigenvalue weighted by Gasteiger charge is -2.10. The van der Waals surface area contributed by atoms with E-state index in [-0.39, 0.29) is 0 Å². The third-order valence-corrected chi connectivity index (χ3v) is 4.00. The monoisotopic (exact) mass is 270 g/mol. The minimum absolute atomic E-state index is 0.836. The van der Waals surface area contributed by atoms with Crippen molar-refractivity contribution in [1.82, 2.24) is 0 Å². The topological polar surface area (TPSA) is 9.23 Å². The van der Waals surface area contributed by atoms with E-state index in [2.05, 4.69) is 40.4 Å². The predicted octanol–water partition coefficient (Wildman–Crippen LogP) is 4.11. The minimum atomic E-state index is 0.836. The summed E-state index contributed by atoms with van der Waals surface area (Å²) >= 11 is 5.25. The molecule has 0 atom stereocenters. The highest BCUT2D eigenvalue weighted by Crippen LogP contribution is 2.35. The quantitative estimate of drug-likeness (QED) is 0.747. The Bertz CT molecular complexity index is 462. The van der Waals surface area contributed by atoms with Crippen LogP contribution in [0.5, 0.6) is 5.75 Å². The van der Waals surface area contributed by atoms with Crippen molar-refractivity contribution in [1.29, 1.82) is 0 Å². The van der Waals surface area contributed by atoms with Crippen molar-refractivity contribution in [2.24, 2.45) is 0 Å². The fourth-order valence-electron chi connectivity index (χ4n) is 1.72. The standard InChI is InChI=1S/C11H11BrOS/c1-7-10(13-2)9(6-12)5-8-3-4-14-11(7)8/h3-5H,6H2,1-2H3. The zero-order valence-corrected chi connectivity index (χ0v) is 10.5. The summed E-state index contributed by atoms with van der Waals surface area (Å²) < 4.78 is 6.75. The number of benzene rings is 1. The van der Waals surface area contributed by atoms with Crippen LogP contribution in [0, 0.1) is 6.92 Å². The molecule has 14 heavy (non-hydrogen) atoms. The summed E-state index contributed by atoms with van der Waals surface area (Å²) in [6.07, 6.45) is 0. The average Bonchev–Trinajstić information content (AvgIpc) is 2.65. The highest BCUT2D eigenvalue weighted by atomic mass is 79.9. The second-order valence-corrected chi connectivity index (χ2v) is 4.64. The summed E-state index contributed by atoms with van der Waals surface area (Å²) in [5, 5.41) is 4.26. The fraction of sp³-hybridized carbons (Fsp3) is 0.273. The summed E-state index contributed by atoms with van der Waals surface area (Å²) in [6.45, 7) is 2.11. The molecule has 0 saturated heterocycles. The number of alkyl halides is 1. The number of thiophene rings is 1. The molecule has 2 rings (SSSR count). The second-order valence-electron chi connectivity index (χ2n) is 3.17. The minimum Gasteiger partial charge on any atom is -0.496 e. The number of hydrogen-bond donors (Lipinski definition) is 0. The number of hydrogen-bond acceptors (Lipinski definition) is 2. The third kappa shape index (κ3) is 1.44. The van der Waals surface area contributed by atoms with Crippen LogP contribution in [-0.4, -0.2) is 7.11 Å². The van der Waals surface area contributed by atoms with Crippen LogP contribution in [0.4, 0.5) is 0 Å². The normalized spacial score (nSPS) is 10.8. The van der Waals surface area contributed by atoms with Gasteiger partial charge in [-0.15, -0.1) is 11.3 Å². The number of methoxy groups -OCH3 is 1. The first-order valence-corrected chi connectivity index (χ1v) is 6.37. The molecule has 74 valence electrons. The van der Waals surface area contributed by atoms with Gasteiger partial charge in [0.15, 0.2) is 0 Å². The molecular weight excluding hydrogens is 260 g/mol. The van der Waals surface area contributed by atoms with Crippen LogP contribution >= 0.6 is 27.3 Å². The average molecular weight is 271 g/mol. The van der Waals surface area contributed by atoms with Crippen molar-refractivity contribution < 1.29 is 4.74 Å². The molecule has 0 saturated carbocycles. The van der Waals surface area contributed by atoms with E-state index < -0.39 is 0 Å². The van der Waals surface area contributed by atoms with Gasteiger partial charge in [-0.3, -0.25) is 0 Å². The van der Waals surface area contributed by atoms with Gasteiger partial charge in [0.2, 0.25) is 0 Å². The predicted molar refractivity (Wildman–Crippen MR) is 65.7 cm³/mol. The van der Waals surface area contributed by atoms with Gasteiger partial charge in [0.25, 0.3) is 0 Å². The smallest absolute Gasteiger partial charge is 0.127 e. The lowest BCUT2D eigenvalue weighted by atomic mass is 10.1. The molecule has 0 spiro atoms. The van der Waals surface area contributed by atoms with Gasteiger partial charge in [-0.1, -0.05) is 15.9 Å². The molecule has 0 bridgehead atoms. The summed E-state index contributed by atoms with van der Waals surface area (Å²) in [5.41, 5.74) is 2.46. The molecule has 0 aliphatic rings. The van der Waals surface area contributed by atoms with Crippen LogP contribution < -0.4 is 4.74 Å². The van der Waals surface area contributed by atoms with E-state index in [1.807, 2.05) is 0 Å². The summed E-state index contributed by atoms with van der Waals surface area (Å²) in [5.74, 6) is 1.01. The Balaban J connectivity index is 2.79. The molecule has 0 N–H and O–H groups in total. The molecule has 0 amide bonds. The van der Waals surface area contributed by atoms with Crippen LogP contribution in [0.15, 0.2) is 17.5 Å². The number of ether oxygens (including phenoxy) is 1. The van der Waals surface area contributed by atoms with E-state index in [1.165, 1.54) is 21.2 Å². The molecule has 1 aromatic carbocycles. The number of halogens is 1. The lowest BCUT2D eigenvalue weighted by molar-refractivity contribution is 0.409. The summed E-state index contributed by atoms with van der Waals surface area (Å²) in [6, 6.07) is 4.34. The maximum absolute atomic E-state index is 5.42. The molecular formula is C11H11BrOS. The van der Waals surface area contributed by atoms with Gasteiger partial charge >= 0.3 is 0 Å². The first-order valence-electron chi connectivity index (χ1n) is 4.37. The molecule has 1 heterocycles. The van der Waals surface area contributed by atoms with Gasteiger partial charge < -0.3 is 4.74 Å². The van der Waals surface area contributed by atoms with Crippen LogP contribution in [-0.2, 0) is 5.33 Å². The van der Waals surface area contributed by atoms with Crippen molar-refractivity contribution >= 4 is 37.4 Å². The van der Waals surface area contributed by atoms with Crippen molar-refractivity contribution in [2.45, 2.75) is 12.3 Å². The number of rotatable bonds is 2. The molecule has 1 aromatic heterocycles. The van der Waals surface area contributed by atoms with Gasteiger partial charge in [0.1, 0.15) is 5.75 Å². The van der Waals surface area contributed by atoms with E-state index in [0.717, 1.165) is 11.1 Å². The molecule has 2 aromatic rings. The summed E-state index contributed by atoms with van der Waals surface area (Å²) in [7, 11) is 1.73. The zero-order valence-electron chi connectivity index (χ0n) is 8.13. The van der Waals surface area contributed by atoms with Crippen LogP contribution in [0.1, 0.15) is 11.1 Å². The Labute approximate surface area is 95.8 Å². The molecule has 0 unspecified atom stereocenters. The molecule has 0 radical (unpaired) electrons. The lowest BCUT2D eigenvalue weighted by Crippen LogP contribution is -1.92. The second kappa shape index (κ2) is 3.91. The first kappa shape index (κ1) is 9.99. The largest absolute Gasteiger partial charge is 0.496 e. The maximum Gasteiger partial charge on any atom is 0.127 e. The Kier molecular flexibility index (Phi) is 2.79. The molecule has 3 heteroatoms. The highest BCUT2D eigenvalue weighted by molar-refractivity contribution is 9.08. The van der Waals surface area contributed by atoms with Crippen molar-refractivity contribution in [3.8, 4) is 5.75 Å². The molecule has 0 aliphatic heterocycles. The maximum atomic E-state index is 5.42. The number of fused-ring (bicyclic) bond motifs is 1. The third-order valence-electron chi connectivity index (χ3n) is 2.35. The molecule has 0 aliphatic carbocycles. The van der Waals surface area contributed by atoms with Crippen molar-refractivity contribution in [3.63, 3.8) is 0 Å². The van der Waals surface area contributed by atoms with Crippen molar-refractivity contribution in [2.75, 3.05) is 7.11 Å². The van der Waals surface area contributed by atoms with Gasteiger partial charge in [-0.2, -0.15) is 0 Å². The van der Waals surface area contributed by atoms with Crippen molar-refractivity contribution in [3.05, 3.63) is 28.6 Å². The van der Waals surface area contributed by atoms with E-state index in [4.69, 9.17) is 4.74 Å². The van der Waals surface area contributed by atoms with E-state index in [0.29, 0.717) is 0 Å². The van der Waals surface area contributed by atoms with E-state index in [9.17, 15) is 0 Å². The van der Waals surface area contributed by atoms with Crippen LogP contribution in [0.25, 0.3) is 10.1 Å².